The van der Waals surface area contributed by atoms with Crippen LogP contribution in [0.15, 0.2) is 53.6 Å². The van der Waals surface area contributed by atoms with Crippen LogP contribution < -0.4 is 5.43 Å². The van der Waals surface area contributed by atoms with Crippen molar-refractivity contribution in [2.75, 3.05) is 0 Å². The quantitative estimate of drug-likeness (QED) is 0.393. The minimum atomic E-state index is -1.10. The molecule has 0 saturated carbocycles. The first-order valence-electron chi connectivity index (χ1n) is 7.67. The first kappa shape index (κ1) is 17.2. The molecule has 8 heteroatoms. The smallest absolute Gasteiger partial charge is 0.282 e. The van der Waals surface area contributed by atoms with Gasteiger partial charge >= 0.3 is 0 Å². The molecule has 1 N–H and O–H groups in total. The summed E-state index contributed by atoms with van der Waals surface area (Å²) in [6.07, 6.45) is 0. The van der Waals surface area contributed by atoms with Crippen molar-refractivity contribution in [3.05, 3.63) is 75.3 Å². The Morgan fingerprint density at radius 2 is 1.58 bits per heavy atom. The normalized spacial score (nSPS) is 14.3. The van der Waals surface area contributed by atoms with Crippen LogP contribution in [0.2, 0.25) is 0 Å². The number of rotatable bonds is 4. The summed E-state index contributed by atoms with van der Waals surface area (Å²) >= 11 is 0. The van der Waals surface area contributed by atoms with Crippen LogP contribution in [0, 0.1) is 16.0 Å². The zero-order valence-electron chi connectivity index (χ0n) is 13.6. The second-order valence-corrected chi connectivity index (χ2v) is 5.68. The fourth-order valence-electron chi connectivity index (χ4n) is 2.81. The Labute approximate surface area is 147 Å². The summed E-state index contributed by atoms with van der Waals surface area (Å²) in [5.41, 5.74) is 2.41. The maximum Gasteiger partial charge on any atom is 0.282 e. The second kappa shape index (κ2) is 6.67. The van der Waals surface area contributed by atoms with Crippen molar-refractivity contribution in [1.82, 2.24) is 5.43 Å². The molecule has 1 aliphatic carbocycles. The minimum Gasteiger partial charge on any atom is -0.293 e. The number of nitrogens with one attached hydrogen (secondary N) is 1. The highest BCUT2D eigenvalue weighted by atomic mass is 16.6. The maximum absolute atomic E-state index is 12.4. The number of amides is 1. The molecule has 0 heterocycles. The highest BCUT2D eigenvalue weighted by Crippen LogP contribution is 2.27. The van der Waals surface area contributed by atoms with Gasteiger partial charge in [-0.15, -0.1) is 0 Å². The zero-order chi connectivity index (χ0) is 18.8. The molecule has 26 heavy (non-hydrogen) atoms. The van der Waals surface area contributed by atoms with Gasteiger partial charge in [0.05, 0.1) is 10.6 Å². The molecule has 3 rings (SSSR count). The number of nitrogens with zero attached hydrogens (tertiary/aromatic N) is 2. The summed E-state index contributed by atoms with van der Waals surface area (Å²) in [7, 11) is 0. The molecule has 0 unspecified atom stereocenters. The van der Waals surface area contributed by atoms with E-state index in [1.807, 2.05) is 0 Å². The minimum absolute atomic E-state index is 0.114. The number of benzene rings is 2. The Hall–Kier alpha value is -3.68. The van der Waals surface area contributed by atoms with Crippen molar-refractivity contribution < 1.29 is 19.3 Å². The van der Waals surface area contributed by atoms with Crippen molar-refractivity contribution in [3.63, 3.8) is 0 Å². The number of nitro benzene ring substituents is 1. The van der Waals surface area contributed by atoms with Crippen LogP contribution in [0.3, 0.4) is 0 Å². The van der Waals surface area contributed by atoms with Crippen molar-refractivity contribution in [3.8, 4) is 0 Å². The lowest BCUT2D eigenvalue weighted by molar-refractivity contribution is -0.385. The molecule has 130 valence electrons. The monoisotopic (exact) mass is 351 g/mol. The molecular formula is C18H13N3O5. The molecule has 0 bridgehead atoms. The number of Topliss-reactive ketones (excluding diaryl/α,β-unsaturated/α-hetero) is 2. The fraction of sp³-hybridized carbons (Fsp3) is 0.111. The van der Waals surface area contributed by atoms with Crippen molar-refractivity contribution in [2.45, 2.75) is 6.92 Å². The summed E-state index contributed by atoms with van der Waals surface area (Å²) in [5.74, 6) is -2.66. The molecular weight excluding hydrogens is 338 g/mol. The van der Waals surface area contributed by atoms with Crippen LogP contribution in [0.4, 0.5) is 5.69 Å². The van der Waals surface area contributed by atoms with E-state index >= 15 is 0 Å². The number of hydrazone groups is 1. The Balaban J connectivity index is 1.82. The van der Waals surface area contributed by atoms with Crippen molar-refractivity contribution in [1.29, 1.82) is 0 Å². The van der Waals surface area contributed by atoms with Crippen LogP contribution in [0.25, 0.3) is 0 Å². The largest absolute Gasteiger partial charge is 0.293 e. The molecule has 0 atom stereocenters. The van der Waals surface area contributed by atoms with E-state index < -0.39 is 16.7 Å². The third-order valence-electron chi connectivity index (χ3n) is 4.08. The highest BCUT2D eigenvalue weighted by molar-refractivity contribution is 6.36. The molecule has 0 aromatic heterocycles. The number of fused-ring (bicyclic) bond motifs is 1. The lowest BCUT2D eigenvalue weighted by Crippen LogP contribution is -2.27. The van der Waals surface area contributed by atoms with E-state index in [4.69, 9.17) is 0 Å². The number of nitro groups is 1. The maximum atomic E-state index is 12.4. The average Bonchev–Trinajstić information content (AvgIpc) is 2.90. The van der Waals surface area contributed by atoms with Gasteiger partial charge in [-0.1, -0.05) is 36.4 Å². The number of para-hydroxylation sites is 1. The number of ketones is 2. The third-order valence-corrected chi connectivity index (χ3v) is 4.08. The van der Waals surface area contributed by atoms with E-state index in [0.717, 1.165) is 0 Å². The fourth-order valence-corrected chi connectivity index (χ4v) is 2.81. The van der Waals surface area contributed by atoms with E-state index in [0.29, 0.717) is 11.1 Å². The topological polar surface area (TPSA) is 119 Å². The molecule has 0 aliphatic heterocycles. The van der Waals surface area contributed by atoms with Gasteiger partial charge in [0, 0.05) is 17.2 Å². The van der Waals surface area contributed by atoms with Gasteiger partial charge in [-0.25, -0.2) is 5.43 Å². The molecule has 8 nitrogen and oxygen atoms in total. The van der Waals surface area contributed by atoms with Crippen molar-refractivity contribution in [2.24, 2.45) is 11.0 Å². The summed E-state index contributed by atoms with van der Waals surface area (Å²) in [4.78, 5) is 47.3. The summed E-state index contributed by atoms with van der Waals surface area (Å²) < 4.78 is 0. The van der Waals surface area contributed by atoms with Gasteiger partial charge in [0.15, 0.2) is 11.6 Å². The predicted molar refractivity (Wildman–Crippen MR) is 92.3 cm³/mol. The van der Waals surface area contributed by atoms with E-state index in [2.05, 4.69) is 10.5 Å². The first-order valence-corrected chi connectivity index (χ1v) is 7.67. The number of hydrogen-bond acceptors (Lipinski definition) is 6. The van der Waals surface area contributed by atoms with E-state index in [9.17, 15) is 24.5 Å². The van der Waals surface area contributed by atoms with Crippen LogP contribution in [-0.4, -0.2) is 28.1 Å². The Kier molecular flexibility index (Phi) is 4.40. The molecule has 2 aromatic rings. The van der Waals surface area contributed by atoms with Crippen LogP contribution in [0.1, 0.15) is 38.0 Å². The lowest BCUT2D eigenvalue weighted by Gasteiger charge is -2.07. The Morgan fingerprint density at radius 3 is 2.15 bits per heavy atom. The molecule has 0 fully saturated rings. The van der Waals surface area contributed by atoms with Gasteiger partial charge in [-0.2, -0.15) is 5.10 Å². The van der Waals surface area contributed by atoms with Gasteiger partial charge in [0.2, 0.25) is 0 Å². The molecule has 2 aromatic carbocycles. The summed E-state index contributed by atoms with van der Waals surface area (Å²) in [6.45, 7) is 1.45. The lowest BCUT2D eigenvalue weighted by atomic mass is 9.99. The van der Waals surface area contributed by atoms with Gasteiger partial charge in [0.1, 0.15) is 11.5 Å². The van der Waals surface area contributed by atoms with Crippen LogP contribution in [-0.2, 0) is 0 Å². The predicted octanol–water partition coefficient (Wildman–Crippen LogP) is 2.40. The van der Waals surface area contributed by atoms with Gasteiger partial charge in [0.25, 0.3) is 11.6 Å². The van der Waals surface area contributed by atoms with Crippen molar-refractivity contribution >= 4 is 28.9 Å². The zero-order valence-corrected chi connectivity index (χ0v) is 13.6. The molecule has 0 radical (unpaired) electrons. The standard InChI is InChI=1S/C18H13N3O5/c1-10(15-16(22)11-6-2-3-7-12(11)17(15)23)19-20-18(24)13-8-4-5-9-14(13)21(25)26/h2-9,15H,1H3,(H,20,24)/b19-10+. The number of carbonyl (C=O) groups excluding carboxylic acids is 3. The third kappa shape index (κ3) is 2.88. The number of carbonyl (C=O) groups is 3. The average molecular weight is 351 g/mol. The van der Waals surface area contributed by atoms with Gasteiger partial charge in [-0.3, -0.25) is 24.5 Å². The number of hydrogen-bond donors (Lipinski definition) is 1. The Morgan fingerprint density at radius 1 is 1.04 bits per heavy atom. The second-order valence-electron chi connectivity index (χ2n) is 5.68. The summed E-state index contributed by atoms with van der Waals surface area (Å²) in [6, 6.07) is 11.9. The van der Waals surface area contributed by atoms with Gasteiger partial charge < -0.3 is 0 Å². The first-order chi connectivity index (χ1) is 12.4. The van der Waals surface area contributed by atoms with E-state index in [-0.39, 0.29) is 28.5 Å². The molecule has 1 amide bonds. The van der Waals surface area contributed by atoms with E-state index in [1.54, 1.807) is 24.3 Å². The molecule has 1 aliphatic rings. The SMILES string of the molecule is C/C(=N\NC(=O)c1ccccc1[N+](=O)[O-])C1C(=O)c2ccccc2C1=O. The summed E-state index contributed by atoms with van der Waals surface area (Å²) in [5, 5.41) is 14.8. The molecule has 0 spiro atoms. The van der Waals surface area contributed by atoms with Gasteiger partial charge in [-0.05, 0) is 13.0 Å². The highest BCUT2D eigenvalue weighted by Gasteiger charge is 2.40. The van der Waals surface area contributed by atoms with Crippen LogP contribution >= 0.6 is 0 Å². The molecule has 0 saturated heterocycles. The Bertz CT molecular complexity index is 945. The van der Waals surface area contributed by atoms with E-state index in [1.165, 1.54) is 31.2 Å². The van der Waals surface area contributed by atoms with Crippen LogP contribution in [0.5, 0.6) is 0 Å².